The maximum Gasteiger partial charge on any atom is 0.262 e. The zero-order valence-electron chi connectivity index (χ0n) is 13.8. The topological polar surface area (TPSA) is 43.4 Å². The lowest BCUT2D eigenvalue weighted by Crippen LogP contribution is -2.33. The highest BCUT2D eigenvalue weighted by Crippen LogP contribution is 2.34. The minimum absolute atomic E-state index is 0.0314. The zero-order valence-corrected chi connectivity index (χ0v) is 14.6. The average molecular weight is 369 g/mol. The smallest absolute Gasteiger partial charge is 0.262 e. The number of halogens is 3. The molecule has 134 valence electrons. The zero-order chi connectivity index (χ0) is 17.8. The average Bonchev–Trinajstić information content (AvgIpc) is 2.58. The molecule has 25 heavy (non-hydrogen) atoms. The summed E-state index contributed by atoms with van der Waals surface area (Å²) in [7, 11) is 0. The normalized spacial score (nSPS) is 17.4. The Bertz CT molecular complexity index is 729. The molecule has 0 saturated carbocycles. The molecule has 0 amide bonds. The first kappa shape index (κ1) is 17.9. The molecule has 2 aromatic rings. The molecule has 4 nitrogen and oxygen atoms in total. The number of nitrogens with zero attached hydrogens (tertiary/aromatic N) is 1. The van der Waals surface area contributed by atoms with Gasteiger partial charge in [-0.25, -0.2) is 13.8 Å². The van der Waals surface area contributed by atoms with Crippen molar-refractivity contribution >= 4 is 11.6 Å². The molecule has 1 unspecified atom stereocenters. The number of aryl methyl sites for hydroxylation is 1. The number of benzene rings is 1. The van der Waals surface area contributed by atoms with Crippen molar-refractivity contribution in [3.8, 4) is 17.4 Å². The molecule has 1 fully saturated rings. The Morgan fingerprint density at radius 2 is 2.04 bits per heavy atom. The first-order chi connectivity index (χ1) is 12.0. The molecule has 0 radical (unpaired) electrons. The van der Waals surface area contributed by atoms with Crippen molar-refractivity contribution in [1.82, 2.24) is 10.3 Å². The maximum absolute atomic E-state index is 14.0. The molecule has 1 aliphatic heterocycles. The van der Waals surface area contributed by atoms with Gasteiger partial charge in [0.15, 0.2) is 17.4 Å². The van der Waals surface area contributed by atoms with Gasteiger partial charge in [-0.2, -0.15) is 0 Å². The van der Waals surface area contributed by atoms with Gasteiger partial charge in [-0.3, -0.25) is 0 Å². The highest BCUT2D eigenvalue weighted by Gasteiger charge is 2.19. The number of hydrogen-bond acceptors (Lipinski definition) is 4. The highest BCUT2D eigenvalue weighted by molar-refractivity contribution is 6.30. The van der Waals surface area contributed by atoms with Crippen molar-refractivity contribution in [2.45, 2.75) is 19.8 Å². The molecule has 0 spiro atoms. The van der Waals surface area contributed by atoms with E-state index in [-0.39, 0.29) is 10.9 Å². The summed E-state index contributed by atoms with van der Waals surface area (Å²) in [4.78, 5) is 4.21. The van der Waals surface area contributed by atoms with Crippen molar-refractivity contribution in [3.63, 3.8) is 0 Å². The van der Waals surface area contributed by atoms with E-state index in [2.05, 4.69) is 10.3 Å². The Hall–Kier alpha value is -1.92. The second kappa shape index (κ2) is 7.97. The summed E-state index contributed by atoms with van der Waals surface area (Å²) < 4.78 is 39.2. The summed E-state index contributed by atoms with van der Waals surface area (Å²) in [5, 5.41) is 3.28. The minimum atomic E-state index is -0.893. The molecule has 1 N–H and O–H groups in total. The van der Waals surface area contributed by atoms with Crippen molar-refractivity contribution in [3.05, 3.63) is 46.6 Å². The van der Waals surface area contributed by atoms with E-state index < -0.39 is 17.4 Å². The number of aromatic nitrogens is 1. The van der Waals surface area contributed by atoms with Crippen LogP contribution in [0.15, 0.2) is 24.3 Å². The second-order valence-electron chi connectivity index (χ2n) is 6.08. The van der Waals surface area contributed by atoms with Crippen molar-refractivity contribution in [2.24, 2.45) is 5.92 Å². The minimum Gasteiger partial charge on any atom is -0.488 e. The van der Waals surface area contributed by atoms with Gasteiger partial charge in [0.1, 0.15) is 0 Å². The highest BCUT2D eigenvalue weighted by atomic mass is 35.5. The van der Waals surface area contributed by atoms with Crippen LogP contribution >= 0.6 is 11.6 Å². The molecule has 1 atom stereocenters. The van der Waals surface area contributed by atoms with E-state index in [9.17, 15) is 8.78 Å². The third-order valence-electron chi connectivity index (χ3n) is 4.00. The predicted molar refractivity (Wildman–Crippen MR) is 91.5 cm³/mol. The van der Waals surface area contributed by atoms with Gasteiger partial charge in [-0.1, -0.05) is 11.6 Å². The van der Waals surface area contributed by atoms with Crippen LogP contribution in [0.4, 0.5) is 8.78 Å². The molecule has 0 bridgehead atoms. The van der Waals surface area contributed by atoms with Crippen molar-refractivity contribution in [1.29, 1.82) is 0 Å². The van der Waals surface area contributed by atoms with E-state index in [0.29, 0.717) is 24.0 Å². The summed E-state index contributed by atoms with van der Waals surface area (Å²) in [5.41, 5.74) is 0.650. The first-order valence-electron chi connectivity index (χ1n) is 8.16. The first-order valence-corrected chi connectivity index (χ1v) is 8.54. The molecule has 3 rings (SSSR count). The third kappa shape index (κ3) is 4.58. The summed E-state index contributed by atoms with van der Waals surface area (Å²) in [5.74, 6) is -1.57. The van der Waals surface area contributed by atoms with Gasteiger partial charge in [-0.05, 0) is 50.6 Å². The van der Waals surface area contributed by atoms with Crippen LogP contribution in [0.5, 0.6) is 17.4 Å². The van der Waals surface area contributed by atoms with Gasteiger partial charge in [0.2, 0.25) is 5.75 Å². The Morgan fingerprint density at radius 3 is 2.72 bits per heavy atom. The molecular weight excluding hydrogens is 350 g/mol. The van der Waals surface area contributed by atoms with Gasteiger partial charge in [-0.15, -0.1) is 0 Å². The molecule has 1 aromatic carbocycles. The SMILES string of the molecule is Cc1ccc(OCC2CCCNC2)c(Oc2c(F)cc(Cl)cc2F)n1. The van der Waals surface area contributed by atoms with Crippen LogP contribution in [0.2, 0.25) is 5.02 Å². The number of ether oxygens (including phenoxy) is 2. The van der Waals surface area contributed by atoms with Gasteiger partial charge in [0.25, 0.3) is 5.88 Å². The maximum atomic E-state index is 14.0. The van der Waals surface area contributed by atoms with E-state index in [1.165, 1.54) is 0 Å². The fourth-order valence-electron chi connectivity index (χ4n) is 2.70. The summed E-state index contributed by atoms with van der Waals surface area (Å²) in [6.45, 7) is 4.15. The summed E-state index contributed by atoms with van der Waals surface area (Å²) in [6.07, 6.45) is 2.17. The molecule has 7 heteroatoms. The Labute approximate surface area is 150 Å². The lowest BCUT2D eigenvalue weighted by Gasteiger charge is -2.23. The van der Waals surface area contributed by atoms with Crippen LogP contribution in [0.1, 0.15) is 18.5 Å². The van der Waals surface area contributed by atoms with E-state index >= 15 is 0 Å². The Kier molecular flexibility index (Phi) is 5.71. The number of rotatable bonds is 5. The van der Waals surface area contributed by atoms with Crippen LogP contribution < -0.4 is 14.8 Å². The van der Waals surface area contributed by atoms with Crippen LogP contribution in [-0.4, -0.2) is 24.7 Å². The van der Waals surface area contributed by atoms with Crippen LogP contribution in [0.3, 0.4) is 0 Å². The van der Waals surface area contributed by atoms with Gasteiger partial charge < -0.3 is 14.8 Å². The number of hydrogen-bond donors (Lipinski definition) is 1. The van der Waals surface area contributed by atoms with Crippen molar-refractivity contribution in [2.75, 3.05) is 19.7 Å². The third-order valence-corrected chi connectivity index (χ3v) is 4.22. The summed E-state index contributed by atoms with van der Waals surface area (Å²) in [6, 6.07) is 5.43. The number of pyridine rings is 1. The molecular formula is C18H19ClF2N2O2. The lowest BCUT2D eigenvalue weighted by molar-refractivity contribution is 0.211. The monoisotopic (exact) mass is 368 g/mol. The molecule has 0 aliphatic carbocycles. The fourth-order valence-corrected chi connectivity index (χ4v) is 2.89. The van der Waals surface area contributed by atoms with E-state index in [0.717, 1.165) is 38.1 Å². The fraction of sp³-hybridized carbons (Fsp3) is 0.389. The quantitative estimate of drug-likeness (QED) is 0.844. The van der Waals surface area contributed by atoms with E-state index in [4.69, 9.17) is 21.1 Å². The molecule has 2 heterocycles. The van der Waals surface area contributed by atoms with Gasteiger partial charge >= 0.3 is 0 Å². The van der Waals surface area contributed by atoms with Crippen LogP contribution in [0.25, 0.3) is 0 Å². The summed E-state index contributed by atoms with van der Waals surface area (Å²) >= 11 is 5.64. The van der Waals surface area contributed by atoms with Gasteiger partial charge in [0.05, 0.1) is 6.61 Å². The molecule has 1 aliphatic rings. The second-order valence-corrected chi connectivity index (χ2v) is 6.52. The standard InChI is InChI=1S/C18H19ClF2N2O2/c1-11-4-5-16(24-10-12-3-2-6-22-9-12)18(23-11)25-17-14(20)7-13(19)8-15(17)21/h4-5,7-8,12,22H,2-3,6,9-10H2,1H3. The number of nitrogens with one attached hydrogen (secondary N) is 1. The lowest BCUT2D eigenvalue weighted by atomic mass is 10.0. The molecule has 1 saturated heterocycles. The van der Waals surface area contributed by atoms with Crippen LogP contribution in [-0.2, 0) is 0 Å². The van der Waals surface area contributed by atoms with Gasteiger partial charge in [0, 0.05) is 23.2 Å². The largest absolute Gasteiger partial charge is 0.488 e. The molecule has 1 aromatic heterocycles. The Balaban J connectivity index is 1.79. The van der Waals surface area contributed by atoms with E-state index in [1.54, 1.807) is 19.1 Å². The van der Waals surface area contributed by atoms with Crippen molar-refractivity contribution < 1.29 is 18.3 Å². The predicted octanol–water partition coefficient (Wildman–Crippen LogP) is 4.49. The number of piperidine rings is 1. The van der Waals surface area contributed by atoms with Crippen LogP contribution in [0, 0.1) is 24.5 Å². The van der Waals surface area contributed by atoms with E-state index in [1.807, 2.05) is 0 Å². The Morgan fingerprint density at radius 1 is 1.28 bits per heavy atom.